The number of hydrogen-bond acceptors (Lipinski definition) is 4. The van der Waals surface area contributed by atoms with Gasteiger partial charge in [0.25, 0.3) is 0 Å². The summed E-state index contributed by atoms with van der Waals surface area (Å²) in [6, 6.07) is 0. The molecule has 0 aromatic rings. The van der Waals surface area contributed by atoms with Gasteiger partial charge in [0, 0.05) is 5.97 Å². The van der Waals surface area contributed by atoms with Gasteiger partial charge in [-0.25, -0.2) is 4.21 Å². The van der Waals surface area contributed by atoms with E-state index < -0.39 is 17.3 Å². The summed E-state index contributed by atoms with van der Waals surface area (Å²) in [7, 11) is 0. The van der Waals surface area contributed by atoms with Crippen molar-refractivity contribution in [3.63, 3.8) is 0 Å². The molecule has 7 heteroatoms. The van der Waals surface area contributed by atoms with Crippen molar-refractivity contribution in [1.82, 2.24) is 0 Å². The summed E-state index contributed by atoms with van der Waals surface area (Å²) in [6.45, 7) is 2.27. The molecule has 0 saturated carbocycles. The first-order valence-electron chi connectivity index (χ1n) is 9.48. The number of unbranched alkanes of at least 4 members (excludes halogenated alkanes) is 14. The molecule has 0 heterocycles. The molecular formula is C18H36MgO5S. The van der Waals surface area contributed by atoms with E-state index in [-0.39, 0.29) is 29.5 Å². The van der Waals surface area contributed by atoms with Crippen molar-refractivity contribution < 1.29 is 23.2 Å². The molecule has 1 atom stereocenters. The zero-order valence-electron chi connectivity index (χ0n) is 16.0. The first-order valence-corrected chi connectivity index (χ1v) is 10.5. The molecule has 1 unspecified atom stereocenters. The maximum absolute atomic E-state index is 10.2. The minimum Gasteiger partial charge on any atom is -0.750 e. The van der Waals surface area contributed by atoms with Crippen LogP contribution in [-0.2, 0) is 16.2 Å². The van der Waals surface area contributed by atoms with Gasteiger partial charge in [-0.05, 0) is 12.8 Å². The van der Waals surface area contributed by atoms with Crippen molar-refractivity contribution in [3.05, 3.63) is 0 Å². The maximum Gasteiger partial charge on any atom is 2.00 e. The topological polar surface area (TPSA) is 100 Å². The van der Waals surface area contributed by atoms with Crippen LogP contribution < -0.4 is 5.11 Å². The van der Waals surface area contributed by atoms with E-state index in [9.17, 15) is 9.90 Å². The van der Waals surface area contributed by atoms with Crippen molar-refractivity contribution in [1.29, 1.82) is 0 Å². The second-order valence-electron chi connectivity index (χ2n) is 6.29. The quantitative estimate of drug-likeness (QED) is 0.245. The Kier molecular flexibility index (Phi) is 31.9. The van der Waals surface area contributed by atoms with E-state index in [1.807, 2.05) is 0 Å². The van der Waals surface area contributed by atoms with Crippen LogP contribution in [-0.4, -0.2) is 42.3 Å². The van der Waals surface area contributed by atoms with Gasteiger partial charge >= 0.3 is 23.1 Å². The molecule has 0 bridgehead atoms. The van der Waals surface area contributed by atoms with Crippen molar-refractivity contribution in [3.8, 4) is 0 Å². The van der Waals surface area contributed by atoms with Gasteiger partial charge in [0.2, 0.25) is 0 Å². The van der Waals surface area contributed by atoms with Gasteiger partial charge in [-0.15, -0.1) is 0 Å². The molecule has 25 heavy (non-hydrogen) atoms. The molecular weight excluding hydrogens is 353 g/mol. The molecule has 5 nitrogen and oxygen atoms in total. The molecule has 0 radical (unpaired) electrons. The largest absolute Gasteiger partial charge is 2.00 e. The van der Waals surface area contributed by atoms with Crippen LogP contribution in [0.1, 0.15) is 110 Å². The van der Waals surface area contributed by atoms with Crippen LogP contribution >= 0.6 is 0 Å². The molecule has 0 aliphatic carbocycles. The van der Waals surface area contributed by atoms with E-state index in [2.05, 4.69) is 6.92 Å². The predicted octanol–water partition coefficient (Wildman–Crippen LogP) is 3.96. The molecule has 0 rings (SSSR count). The SMILES string of the molecule is CCCCCCCCCCCCCCCCCC(=O)[O-].O=S([O-])O.[Mg+2]. The van der Waals surface area contributed by atoms with Crippen molar-refractivity contribution in [2.75, 3.05) is 0 Å². The predicted molar refractivity (Wildman–Crippen MR) is 102 cm³/mol. The third kappa shape index (κ3) is 40.4. The van der Waals surface area contributed by atoms with E-state index in [1.54, 1.807) is 0 Å². The molecule has 0 aromatic carbocycles. The first kappa shape index (κ1) is 30.0. The van der Waals surface area contributed by atoms with E-state index in [4.69, 9.17) is 13.3 Å². The first-order chi connectivity index (χ1) is 11.5. The van der Waals surface area contributed by atoms with Crippen LogP contribution in [0, 0.1) is 0 Å². The van der Waals surface area contributed by atoms with Crippen LogP contribution in [0.5, 0.6) is 0 Å². The van der Waals surface area contributed by atoms with E-state index >= 15 is 0 Å². The number of carbonyl (C=O) groups excluding carboxylic acids is 1. The molecule has 0 saturated heterocycles. The van der Waals surface area contributed by atoms with Crippen molar-refractivity contribution >= 4 is 40.4 Å². The molecule has 0 aliphatic rings. The number of rotatable bonds is 16. The van der Waals surface area contributed by atoms with Gasteiger partial charge in [-0.2, -0.15) is 0 Å². The fraction of sp³-hybridized carbons (Fsp3) is 0.944. The number of carboxylic acids is 1. The monoisotopic (exact) mass is 388 g/mol. The van der Waals surface area contributed by atoms with Crippen molar-refractivity contribution in [2.24, 2.45) is 0 Å². The zero-order valence-corrected chi connectivity index (χ0v) is 18.2. The van der Waals surface area contributed by atoms with Crippen LogP contribution in [0.25, 0.3) is 0 Å². The van der Waals surface area contributed by atoms with Gasteiger partial charge in [0.15, 0.2) is 0 Å². The smallest absolute Gasteiger partial charge is 0.750 e. The Morgan fingerprint density at radius 3 is 1.24 bits per heavy atom. The third-order valence-electron chi connectivity index (χ3n) is 3.98. The Morgan fingerprint density at radius 1 is 0.760 bits per heavy atom. The van der Waals surface area contributed by atoms with Crippen LogP contribution in [0.3, 0.4) is 0 Å². The minimum atomic E-state index is -2.86. The fourth-order valence-corrected chi connectivity index (χ4v) is 2.64. The second kappa shape index (κ2) is 26.5. The fourth-order valence-electron chi connectivity index (χ4n) is 2.64. The number of aliphatic carboxylic acids is 1. The van der Waals surface area contributed by atoms with Crippen LogP contribution in [0.4, 0.5) is 0 Å². The van der Waals surface area contributed by atoms with Crippen LogP contribution in [0.2, 0.25) is 0 Å². The normalized spacial score (nSPS) is 11.2. The van der Waals surface area contributed by atoms with E-state index in [0.29, 0.717) is 0 Å². The second-order valence-corrected chi connectivity index (χ2v) is 6.72. The number of carboxylic acid groups (broad SMARTS) is 1. The number of hydrogen-bond donors (Lipinski definition) is 1. The molecule has 0 fully saturated rings. The van der Waals surface area contributed by atoms with Gasteiger partial charge in [-0.3, -0.25) is 0 Å². The Morgan fingerprint density at radius 2 is 1.00 bits per heavy atom. The van der Waals surface area contributed by atoms with Gasteiger partial charge in [0.1, 0.15) is 0 Å². The summed E-state index contributed by atoms with van der Waals surface area (Å²) < 4.78 is 24.1. The zero-order chi connectivity index (χ0) is 18.5. The van der Waals surface area contributed by atoms with Gasteiger partial charge in [-0.1, -0.05) is 96.8 Å². The molecule has 0 spiro atoms. The molecule has 1 N–H and O–H groups in total. The summed E-state index contributed by atoms with van der Waals surface area (Å²) in [5.41, 5.74) is 0. The molecule has 0 aliphatic heterocycles. The Labute approximate surface area is 173 Å². The summed E-state index contributed by atoms with van der Waals surface area (Å²) in [5, 5.41) is 10.2. The summed E-state index contributed by atoms with van der Waals surface area (Å²) in [6.07, 6.45) is 19.9. The van der Waals surface area contributed by atoms with Crippen LogP contribution in [0.15, 0.2) is 0 Å². The van der Waals surface area contributed by atoms with E-state index in [1.165, 1.54) is 83.5 Å². The maximum atomic E-state index is 10.2. The standard InChI is InChI=1S/C18H36O2.Mg.H2O3S/c1-2-3-4-5-6-7-8-9-10-11-12-13-14-15-16-17-18(19)20;;1-4(2)3/h2-17H2,1H3,(H,19,20);;(H2,1,2,3)/q;+2;/p-2. The Balaban J connectivity index is -0.000000867. The molecule has 0 amide bonds. The van der Waals surface area contributed by atoms with Gasteiger partial charge < -0.3 is 19.0 Å². The average Bonchev–Trinajstić information content (AvgIpc) is 2.50. The summed E-state index contributed by atoms with van der Waals surface area (Å²) in [5.74, 6) is -0.903. The third-order valence-corrected chi connectivity index (χ3v) is 3.98. The Hall–Kier alpha value is 0.306. The molecule has 0 aromatic heterocycles. The minimum absolute atomic E-state index is 0. The molecule has 146 valence electrons. The summed E-state index contributed by atoms with van der Waals surface area (Å²) in [4.78, 5) is 10.2. The average molecular weight is 389 g/mol. The van der Waals surface area contributed by atoms with Crippen molar-refractivity contribution in [2.45, 2.75) is 110 Å². The Bertz CT molecular complexity index is 287. The summed E-state index contributed by atoms with van der Waals surface area (Å²) >= 11 is -2.86. The van der Waals surface area contributed by atoms with E-state index in [0.717, 1.165) is 12.8 Å². The number of carbonyl (C=O) groups is 1. The van der Waals surface area contributed by atoms with Gasteiger partial charge in [0.05, 0.1) is 11.4 Å².